The van der Waals surface area contributed by atoms with Gasteiger partial charge in [0.1, 0.15) is 16.7 Å². The molecule has 0 aliphatic rings. The molecule has 25 heavy (non-hydrogen) atoms. The fraction of sp³-hybridized carbons (Fsp3) is 0.0588. The first-order chi connectivity index (χ1) is 12.0. The highest BCUT2D eigenvalue weighted by Gasteiger charge is 2.09. The summed E-state index contributed by atoms with van der Waals surface area (Å²) >= 11 is 1.29. The molecule has 3 aromatic rings. The second-order valence-electron chi connectivity index (χ2n) is 5.13. The molecule has 8 heteroatoms. The zero-order chi connectivity index (χ0) is 17.8. The van der Waals surface area contributed by atoms with Gasteiger partial charge in [-0.15, -0.1) is 10.2 Å². The topological polar surface area (TPSA) is 68.9 Å². The van der Waals surface area contributed by atoms with E-state index in [1.807, 2.05) is 0 Å². The van der Waals surface area contributed by atoms with Crippen molar-refractivity contribution >= 4 is 17.4 Å². The standard InChI is InChI=1S/C17H11F2N3O2S/c18-13-6-11(7-14(19)9-13)10-25-17-5-4-16(20-21-17)12-2-1-3-15(8-12)22(23)24/h1-9H,10H2. The first-order valence-electron chi connectivity index (χ1n) is 7.17. The zero-order valence-electron chi connectivity index (χ0n) is 12.7. The van der Waals surface area contributed by atoms with E-state index in [0.29, 0.717) is 27.6 Å². The van der Waals surface area contributed by atoms with Crippen molar-refractivity contribution in [1.82, 2.24) is 10.2 Å². The Balaban J connectivity index is 1.72. The van der Waals surface area contributed by atoms with Gasteiger partial charge in [-0.2, -0.15) is 0 Å². The summed E-state index contributed by atoms with van der Waals surface area (Å²) in [7, 11) is 0. The van der Waals surface area contributed by atoms with Gasteiger partial charge in [0.05, 0.1) is 10.6 Å². The number of nitrogens with zero attached hydrogens (tertiary/aromatic N) is 3. The van der Waals surface area contributed by atoms with Crippen LogP contribution in [0.25, 0.3) is 11.3 Å². The Kier molecular flexibility index (Phi) is 4.99. The molecule has 0 spiro atoms. The molecule has 1 heterocycles. The van der Waals surface area contributed by atoms with Gasteiger partial charge in [-0.1, -0.05) is 23.9 Å². The fourth-order valence-electron chi connectivity index (χ4n) is 2.18. The molecule has 1 aromatic heterocycles. The number of halogens is 2. The van der Waals surface area contributed by atoms with Crippen molar-refractivity contribution in [1.29, 1.82) is 0 Å². The smallest absolute Gasteiger partial charge is 0.258 e. The van der Waals surface area contributed by atoms with Crippen LogP contribution in [-0.2, 0) is 5.75 Å². The SMILES string of the molecule is O=[N+]([O-])c1cccc(-c2ccc(SCc3cc(F)cc(F)c3)nn2)c1. The minimum absolute atomic E-state index is 0.0223. The van der Waals surface area contributed by atoms with E-state index in [0.717, 1.165) is 6.07 Å². The van der Waals surface area contributed by atoms with Gasteiger partial charge < -0.3 is 0 Å². The van der Waals surface area contributed by atoms with Gasteiger partial charge in [-0.3, -0.25) is 10.1 Å². The minimum atomic E-state index is -0.622. The molecule has 0 atom stereocenters. The molecule has 0 unspecified atom stereocenters. The fourth-order valence-corrected chi connectivity index (χ4v) is 2.93. The van der Waals surface area contributed by atoms with Crippen molar-refractivity contribution < 1.29 is 13.7 Å². The highest BCUT2D eigenvalue weighted by Crippen LogP contribution is 2.25. The normalized spacial score (nSPS) is 10.6. The van der Waals surface area contributed by atoms with Crippen LogP contribution in [0.15, 0.2) is 59.6 Å². The summed E-state index contributed by atoms with van der Waals surface area (Å²) in [4.78, 5) is 10.3. The molecular weight excluding hydrogens is 348 g/mol. The highest BCUT2D eigenvalue weighted by molar-refractivity contribution is 7.98. The average molecular weight is 359 g/mol. The molecule has 126 valence electrons. The largest absolute Gasteiger partial charge is 0.270 e. The lowest BCUT2D eigenvalue weighted by Crippen LogP contribution is -1.92. The van der Waals surface area contributed by atoms with Crippen LogP contribution < -0.4 is 0 Å². The highest BCUT2D eigenvalue weighted by atomic mass is 32.2. The molecule has 0 amide bonds. The number of thioether (sulfide) groups is 1. The number of hydrogen-bond donors (Lipinski definition) is 0. The second-order valence-corrected chi connectivity index (χ2v) is 6.13. The zero-order valence-corrected chi connectivity index (χ0v) is 13.5. The summed E-state index contributed by atoms with van der Waals surface area (Å²) in [6.45, 7) is 0. The van der Waals surface area contributed by atoms with Crippen molar-refractivity contribution in [3.63, 3.8) is 0 Å². The third-order valence-corrected chi connectivity index (χ3v) is 4.29. The number of hydrogen-bond acceptors (Lipinski definition) is 5. The van der Waals surface area contributed by atoms with E-state index in [2.05, 4.69) is 10.2 Å². The number of nitro groups is 1. The van der Waals surface area contributed by atoms with E-state index in [9.17, 15) is 18.9 Å². The van der Waals surface area contributed by atoms with Crippen LogP contribution in [0.2, 0.25) is 0 Å². The molecule has 0 N–H and O–H groups in total. The lowest BCUT2D eigenvalue weighted by molar-refractivity contribution is -0.384. The van der Waals surface area contributed by atoms with E-state index in [1.165, 1.54) is 36.0 Å². The van der Waals surface area contributed by atoms with E-state index < -0.39 is 16.6 Å². The molecule has 3 rings (SSSR count). The number of nitro benzene ring substituents is 1. The molecule has 0 saturated carbocycles. The Morgan fingerprint density at radius 1 is 1.00 bits per heavy atom. The molecule has 0 fully saturated rings. The van der Waals surface area contributed by atoms with Crippen LogP contribution in [0.5, 0.6) is 0 Å². The van der Waals surface area contributed by atoms with Gasteiger partial charge in [-0.05, 0) is 29.8 Å². The van der Waals surface area contributed by atoms with Crippen molar-refractivity contribution in [2.45, 2.75) is 10.8 Å². The summed E-state index contributed by atoms with van der Waals surface area (Å²) in [6.07, 6.45) is 0. The number of rotatable bonds is 5. The molecule has 2 aromatic carbocycles. The van der Waals surface area contributed by atoms with E-state index in [-0.39, 0.29) is 5.69 Å². The molecule has 0 aliphatic heterocycles. The Morgan fingerprint density at radius 2 is 1.76 bits per heavy atom. The summed E-state index contributed by atoms with van der Waals surface area (Å²) < 4.78 is 26.3. The predicted molar refractivity (Wildman–Crippen MR) is 90.0 cm³/mol. The van der Waals surface area contributed by atoms with Crippen LogP contribution in [-0.4, -0.2) is 15.1 Å². The van der Waals surface area contributed by atoms with Crippen molar-refractivity contribution in [3.05, 3.63) is 81.9 Å². The Morgan fingerprint density at radius 3 is 2.40 bits per heavy atom. The minimum Gasteiger partial charge on any atom is -0.258 e. The Bertz CT molecular complexity index is 900. The summed E-state index contributed by atoms with van der Waals surface area (Å²) in [6, 6.07) is 12.9. The Labute approximate surface area is 145 Å². The van der Waals surface area contributed by atoms with Crippen molar-refractivity contribution in [3.8, 4) is 11.3 Å². The predicted octanol–water partition coefficient (Wildman–Crippen LogP) is 4.62. The average Bonchev–Trinajstić information content (AvgIpc) is 2.60. The first kappa shape index (κ1) is 17.0. The van der Waals surface area contributed by atoms with E-state index in [4.69, 9.17) is 0 Å². The van der Waals surface area contributed by atoms with Gasteiger partial charge in [0.15, 0.2) is 0 Å². The maximum Gasteiger partial charge on any atom is 0.270 e. The summed E-state index contributed by atoms with van der Waals surface area (Å²) in [5.41, 5.74) is 1.58. The van der Waals surface area contributed by atoms with Crippen molar-refractivity contribution in [2.24, 2.45) is 0 Å². The first-order valence-corrected chi connectivity index (χ1v) is 8.16. The number of aromatic nitrogens is 2. The molecule has 0 aliphatic carbocycles. The molecular formula is C17H11F2N3O2S. The van der Waals surface area contributed by atoms with Gasteiger partial charge in [-0.25, -0.2) is 8.78 Å². The maximum absolute atomic E-state index is 13.2. The lowest BCUT2D eigenvalue weighted by atomic mass is 10.1. The molecule has 0 bridgehead atoms. The Hall–Kier alpha value is -2.87. The van der Waals surface area contributed by atoms with E-state index >= 15 is 0 Å². The summed E-state index contributed by atoms with van der Waals surface area (Å²) in [5.74, 6) is -0.898. The van der Waals surface area contributed by atoms with Gasteiger partial charge in [0, 0.05) is 29.5 Å². The van der Waals surface area contributed by atoms with E-state index in [1.54, 1.807) is 24.3 Å². The summed E-state index contributed by atoms with van der Waals surface area (Å²) in [5, 5.41) is 19.5. The van der Waals surface area contributed by atoms with Crippen LogP contribution in [0.3, 0.4) is 0 Å². The van der Waals surface area contributed by atoms with Gasteiger partial charge in [0.25, 0.3) is 5.69 Å². The third-order valence-electron chi connectivity index (χ3n) is 3.30. The molecule has 0 radical (unpaired) electrons. The third kappa shape index (κ3) is 4.36. The quantitative estimate of drug-likeness (QED) is 0.378. The van der Waals surface area contributed by atoms with Crippen LogP contribution >= 0.6 is 11.8 Å². The second kappa shape index (κ2) is 7.35. The van der Waals surface area contributed by atoms with Gasteiger partial charge in [0.2, 0.25) is 0 Å². The lowest BCUT2D eigenvalue weighted by Gasteiger charge is -2.04. The van der Waals surface area contributed by atoms with Crippen molar-refractivity contribution in [2.75, 3.05) is 0 Å². The molecule has 5 nitrogen and oxygen atoms in total. The monoisotopic (exact) mass is 359 g/mol. The number of benzene rings is 2. The van der Waals surface area contributed by atoms with Crippen LogP contribution in [0.4, 0.5) is 14.5 Å². The van der Waals surface area contributed by atoms with Crippen LogP contribution in [0.1, 0.15) is 5.56 Å². The molecule has 0 saturated heterocycles. The van der Waals surface area contributed by atoms with Gasteiger partial charge >= 0.3 is 0 Å². The number of non-ortho nitro benzene ring substituents is 1. The maximum atomic E-state index is 13.2. The van der Waals surface area contributed by atoms with Crippen LogP contribution in [0, 0.1) is 21.7 Å².